The Kier molecular flexibility index (Phi) is 7.61. The monoisotopic (exact) mass is 470 g/mol. The van der Waals surface area contributed by atoms with Gasteiger partial charge in [-0.2, -0.15) is 0 Å². The first-order valence-electron chi connectivity index (χ1n) is 11.2. The average molecular weight is 471 g/mol. The van der Waals surface area contributed by atoms with Crippen LogP contribution in [0.4, 0.5) is 0 Å². The molecule has 1 amide bonds. The van der Waals surface area contributed by atoms with Crippen LogP contribution >= 0.6 is 11.6 Å². The summed E-state index contributed by atoms with van der Waals surface area (Å²) < 4.78 is 5.88. The van der Waals surface area contributed by atoms with E-state index in [1.54, 1.807) is 6.20 Å². The highest BCUT2D eigenvalue weighted by molar-refractivity contribution is 6.30. The standard InChI is InChI=1S/C29H27ClN2O2/c1-20-17-25(30)12-15-27(20)29(23-7-4-3-5-8-23)32-28(33)18-22-10-13-26(14-11-22)34-19-24-9-6-16-31-21(24)2/h3-17,29H,18-19H2,1-2H3,(H,32,33). The van der Waals surface area contributed by atoms with Crippen molar-refractivity contribution in [2.24, 2.45) is 0 Å². The molecule has 0 aliphatic heterocycles. The zero-order valence-corrected chi connectivity index (χ0v) is 20.0. The minimum atomic E-state index is -0.253. The predicted octanol–water partition coefficient (Wildman–Crippen LogP) is 6.38. The van der Waals surface area contributed by atoms with Crippen LogP contribution in [0.3, 0.4) is 0 Å². The van der Waals surface area contributed by atoms with Crippen molar-refractivity contribution in [2.45, 2.75) is 32.9 Å². The maximum absolute atomic E-state index is 13.0. The van der Waals surface area contributed by atoms with Crippen LogP contribution in [-0.4, -0.2) is 10.9 Å². The van der Waals surface area contributed by atoms with Gasteiger partial charge >= 0.3 is 0 Å². The lowest BCUT2D eigenvalue weighted by Gasteiger charge is -2.22. The van der Waals surface area contributed by atoms with Crippen molar-refractivity contribution in [3.8, 4) is 5.75 Å². The lowest BCUT2D eigenvalue weighted by Crippen LogP contribution is -2.31. The van der Waals surface area contributed by atoms with Gasteiger partial charge in [0, 0.05) is 22.5 Å². The Morgan fingerprint density at radius 1 is 0.971 bits per heavy atom. The summed E-state index contributed by atoms with van der Waals surface area (Å²) in [5.41, 5.74) is 6.01. The topological polar surface area (TPSA) is 51.2 Å². The lowest BCUT2D eigenvalue weighted by molar-refractivity contribution is -0.120. The first-order valence-corrected chi connectivity index (χ1v) is 11.6. The Balaban J connectivity index is 1.43. The molecule has 5 heteroatoms. The summed E-state index contributed by atoms with van der Waals surface area (Å²) in [7, 11) is 0. The van der Waals surface area contributed by atoms with Crippen LogP contribution in [0, 0.1) is 13.8 Å². The van der Waals surface area contributed by atoms with E-state index in [-0.39, 0.29) is 18.4 Å². The highest BCUT2D eigenvalue weighted by Crippen LogP contribution is 2.27. The molecule has 4 rings (SSSR count). The molecule has 1 atom stereocenters. The fourth-order valence-corrected chi connectivity index (χ4v) is 4.11. The van der Waals surface area contributed by atoms with Gasteiger partial charge in [-0.15, -0.1) is 0 Å². The minimum Gasteiger partial charge on any atom is -0.489 e. The van der Waals surface area contributed by atoms with E-state index < -0.39 is 0 Å². The number of hydrogen-bond acceptors (Lipinski definition) is 3. The molecule has 0 saturated carbocycles. The fourth-order valence-electron chi connectivity index (χ4n) is 3.88. The van der Waals surface area contributed by atoms with E-state index in [1.807, 2.05) is 98.8 Å². The van der Waals surface area contributed by atoms with E-state index >= 15 is 0 Å². The highest BCUT2D eigenvalue weighted by Gasteiger charge is 2.19. The molecule has 1 N–H and O–H groups in total. The summed E-state index contributed by atoms with van der Waals surface area (Å²) in [6.07, 6.45) is 2.05. The molecule has 1 aromatic heterocycles. The number of ether oxygens (including phenoxy) is 1. The molecule has 0 aliphatic rings. The van der Waals surface area contributed by atoms with Crippen LogP contribution in [0.5, 0.6) is 5.75 Å². The Morgan fingerprint density at radius 2 is 1.74 bits per heavy atom. The molecule has 3 aromatic carbocycles. The van der Waals surface area contributed by atoms with Crippen molar-refractivity contribution >= 4 is 17.5 Å². The zero-order valence-electron chi connectivity index (χ0n) is 19.3. The highest BCUT2D eigenvalue weighted by atomic mass is 35.5. The predicted molar refractivity (Wildman–Crippen MR) is 136 cm³/mol. The number of rotatable bonds is 8. The quantitative estimate of drug-likeness (QED) is 0.325. The van der Waals surface area contributed by atoms with Crippen molar-refractivity contribution in [1.29, 1.82) is 0 Å². The Hall–Kier alpha value is -3.63. The molecule has 0 saturated heterocycles. The third-order valence-electron chi connectivity index (χ3n) is 5.78. The van der Waals surface area contributed by atoms with E-state index in [9.17, 15) is 4.79 Å². The van der Waals surface area contributed by atoms with E-state index in [1.165, 1.54) is 0 Å². The summed E-state index contributed by atoms with van der Waals surface area (Å²) in [4.78, 5) is 17.3. The van der Waals surface area contributed by atoms with Crippen molar-refractivity contribution in [3.05, 3.63) is 130 Å². The number of nitrogens with one attached hydrogen (secondary N) is 1. The number of aromatic nitrogens is 1. The Labute approximate surface area is 205 Å². The van der Waals surface area contributed by atoms with Crippen molar-refractivity contribution in [3.63, 3.8) is 0 Å². The molecule has 0 radical (unpaired) electrons. The molecular weight excluding hydrogens is 444 g/mol. The lowest BCUT2D eigenvalue weighted by atomic mass is 9.94. The second-order valence-electron chi connectivity index (χ2n) is 8.27. The maximum Gasteiger partial charge on any atom is 0.225 e. The van der Waals surface area contributed by atoms with Gasteiger partial charge in [0.05, 0.1) is 12.5 Å². The van der Waals surface area contributed by atoms with Gasteiger partial charge in [-0.3, -0.25) is 9.78 Å². The van der Waals surface area contributed by atoms with Crippen LogP contribution in [0.2, 0.25) is 5.02 Å². The number of carbonyl (C=O) groups is 1. The summed E-state index contributed by atoms with van der Waals surface area (Å²) in [6.45, 7) is 4.43. The average Bonchev–Trinajstić information content (AvgIpc) is 2.84. The number of carbonyl (C=O) groups excluding carboxylic acids is 1. The van der Waals surface area contributed by atoms with Gasteiger partial charge < -0.3 is 10.1 Å². The number of nitrogens with zero attached hydrogens (tertiary/aromatic N) is 1. The summed E-state index contributed by atoms with van der Waals surface area (Å²) in [6, 6.07) is 27.0. The van der Waals surface area contributed by atoms with Gasteiger partial charge in [0.2, 0.25) is 5.91 Å². The molecule has 34 heavy (non-hydrogen) atoms. The normalized spacial score (nSPS) is 11.6. The SMILES string of the molecule is Cc1cc(Cl)ccc1C(NC(=O)Cc1ccc(OCc2cccnc2C)cc1)c1ccccc1. The Morgan fingerprint density at radius 3 is 2.44 bits per heavy atom. The van der Waals surface area contributed by atoms with E-state index in [4.69, 9.17) is 16.3 Å². The first kappa shape index (κ1) is 23.5. The van der Waals surface area contributed by atoms with Crippen molar-refractivity contribution in [2.75, 3.05) is 0 Å². The number of pyridine rings is 1. The summed E-state index contributed by atoms with van der Waals surface area (Å²) in [5, 5.41) is 3.89. The maximum atomic E-state index is 13.0. The zero-order chi connectivity index (χ0) is 23.9. The molecule has 1 unspecified atom stereocenters. The molecule has 1 heterocycles. The minimum absolute atomic E-state index is 0.0529. The smallest absolute Gasteiger partial charge is 0.225 e. The molecule has 0 bridgehead atoms. The number of aryl methyl sites for hydroxylation is 2. The Bertz CT molecular complexity index is 1260. The third kappa shape index (κ3) is 6.03. The molecule has 172 valence electrons. The molecule has 0 spiro atoms. The molecule has 4 aromatic rings. The van der Waals surface area contributed by atoms with Crippen molar-refractivity contribution in [1.82, 2.24) is 10.3 Å². The fraction of sp³-hybridized carbons (Fsp3) is 0.172. The number of amides is 1. The van der Waals surface area contributed by atoms with Crippen LogP contribution < -0.4 is 10.1 Å². The summed E-state index contributed by atoms with van der Waals surface area (Å²) >= 11 is 6.16. The van der Waals surface area contributed by atoms with Crippen LogP contribution in [0.25, 0.3) is 0 Å². The van der Waals surface area contributed by atoms with Gasteiger partial charge in [-0.25, -0.2) is 0 Å². The third-order valence-corrected chi connectivity index (χ3v) is 6.01. The number of benzene rings is 3. The van der Waals surface area contributed by atoms with E-state index in [2.05, 4.69) is 10.3 Å². The van der Waals surface area contributed by atoms with E-state index in [0.717, 1.165) is 39.3 Å². The van der Waals surface area contributed by atoms with Gasteiger partial charge in [-0.1, -0.05) is 66.2 Å². The number of hydrogen-bond donors (Lipinski definition) is 1. The molecular formula is C29H27ClN2O2. The summed E-state index contributed by atoms with van der Waals surface area (Å²) in [5.74, 6) is 0.703. The van der Waals surface area contributed by atoms with Crippen molar-refractivity contribution < 1.29 is 9.53 Å². The van der Waals surface area contributed by atoms with Gasteiger partial charge in [-0.05, 0) is 66.4 Å². The van der Waals surface area contributed by atoms with E-state index in [0.29, 0.717) is 11.6 Å². The second-order valence-corrected chi connectivity index (χ2v) is 8.71. The first-order chi connectivity index (χ1) is 16.5. The number of halogens is 1. The van der Waals surface area contributed by atoms with Gasteiger partial charge in [0.25, 0.3) is 0 Å². The van der Waals surface area contributed by atoms with Crippen LogP contribution in [-0.2, 0) is 17.8 Å². The molecule has 0 aliphatic carbocycles. The van der Waals surface area contributed by atoms with Gasteiger partial charge in [0.15, 0.2) is 0 Å². The van der Waals surface area contributed by atoms with Crippen LogP contribution in [0.1, 0.15) is 39.6 Å². The molecule has 0 fully saturated rings. The largest absolute Gasteiger partial charge is 0.489 e. The second kappa shape index (κ2) is 11.0. The van der Waals surface area contributed by atoms with Crippen LogP contribution in [0.15, 0.2) is 91.1 Å². The van der Waals surface area contributed by atoms with Gasteiger partial charge in [0.1, 0.15) is 12.4 Å². The molecule has 4 nitrogen and oxygen atoms in total.